The van der Waals surface area contributed by atoms with Gasteiger partial charge in [-0.2, -0.15) is 0 Å². The lowest BCUT2D eigenvalue weighted by atomic mass is 10.1. The van der Waals surface area contributed by atoms with E-state index >= 15 is 0 Å². The van der Waals surface area contributed by atoms with E-state index in [2.05, 4.69) is 0 Å². The maximum absolute atomic E-state index is 10.9. The first-order valence-electron chi connectivity index (χ1n) is 4.83. The fraction of sp³-hybridized carbons (Fsp3) is 0.167. The molecule has 0 spiro atoms. The first kappa shape index (κ1) is 10.4. The molecule has 1 heterocycles. The molecule has 4 nitrogen and oxygen atoms in total. The Balaban J connectivity index is 2.84. The van der Waals surface area contributed by atoms with Crippen LogP contribution in [0.2, 0.25) is 0 Å². The average Bonchev–Trinajstić information content (AvgIpc) is 2.51. The highest BCUT2D eigenvalue weighted by Gasteiger charge is 2.12. The number of carbonyl (C=O) groups excluding carboxylic acids is 1. The fourth-order valence-electron chi connectivity index (χ4n) is 1.95. The second kappa shape index (κ2) is 3.48. The fourth-order valence-corrected chi connectivity index (χ4v) is 1.95. The minimum absolute atomic E-state index is 0.227. The third-order valence-electron chi connectivity index (χ3n) is 2.87. The number of fused-ring (bicyclic) bond motifs is 1. The predicted molar refractivity (Wildman–Crippen MR) is 60.0 cm³/mol. The lowest BCUT2D eigenvalue weighted by Gasteiger charge is -1.99. The van der Waals surface area contributed by atoms with Gasteiger partial charge in [0.05, 0.1) is 11.3 Å². The van der Waals surface area contributed by atoms with Crippen molar-refractivity contribution in [2.45, 2.75) is 6.92 Å². The van der Waals surface area contributed by atoms with Crippen LogP contribution in [0.1, 0.15) is 26.4 Å². The van der Waals surface area contributed by atoms with Crippen LogP contribution in [0, 0.1) is 6.92 Å². The van der Waals surface area contributed by atoms with Gasteiger partial charge in [-0.1, -0.05) is 6.07 Å². The highest BCUT2D eigenvalue weighted by atomic mass is 16.4. The van der Waals surface area contributed by atoms with Crippen LogP contribution in [-0.2, 0) is 7.05 Å². The van der Waals surface area contributed by atoms with Crippen LogP contribution in [0.25, 0.3) is 10.9 Å². The van der Waals surface area contributed by atoms with Crippen LogP contribution in [0.15, 0.2) is 18.2 Å². The summed E-state index contributed by atoms with van der Waals surface area (Å²) in [5.74, 6) is -0.964. The van der Waals surface area contributed by atoms with E-state index < -0.39 is 5.97 Å². The summed E-state index contributed by atoms with van der Waals surface area (Å²) in [7, 11) is 1.75. The van der Waals surface area contributed by atoms with Crippen molar-refractivity contribution >= 4 is 23.2 Å². The Hall–Kier alpha value is -2.10. The predicted octanol–water partition coefficient (Wildman–Crippen LogP) is 2.00. The van der Waals surface area contributed by atoms with E-state index in [0.717, 1.165) is 22.8 Å². The standard InChI is InChI=1S/C12H11NO3/c1-7-9-4-3-8(12(15)16)5-10(9)13(2)11(7)6-14/h3-6H,1-2H3,(H,15,16). The molecule has 0 unspecified atom stereocenters. The van der Waals surface area contributed by atoms with Gasteiger partial charge < -0.3 is 9.67 Å². The van der Waals surface area contributed by atoms with Gasteiger partial charge in [-0.25, -0.2) is 4.79 Å². The maximum atomic E-state index is 10.9. The quantitative estimate of drug-likeness (QED) is 0.782. The van der Waals surface area contributed by atoms with Gasteiger partial charge in [0, 0.05) is 18.0 Å². The van der Waals surface area contributed by atoms with E-state index in [4.69, 9.17) is 5.11 Å². The van der Waals surface area contributed by atoms with E-state index in [1.165, 1.54) is 0 Å². The molecular formula is C12H11NO3. The zero-order valence-electron chi connectivity index (χ0n) is 9.02. The monoisotopic (exact) mass is 217 g/mol. The van der Waals surface area contributed by atoms with Crippen LogP contribution < -0.4 is 0 Å². The van der Waals surface area contributed by atoms with Crippen LogP contribution in [-0.4, -0.2) is 21.9 Å². The number of carboxylic acids is 1. The molecule has 1 aromatic heterocycles. The summed E-state index contributed by atoms with van der Waals surface area (Å²) < 4.78 is 1.71. The first-order chi connectivity index (χ1) is 7.56. The zero-order valence-corrected chi connectivity index (χ0v) is 9.02. The Morgan fingerprint density at radius 2 is 2.12 bits per heavy atom. The minimum Gasteiger partial charge on any atom is -0.478 e. The third-order valence-corrected chi connectivity index (χ3v) is 2.87. The Morgan fingerprint density at radius 3 is 2.69 bits per heavy atom. The van der Waals surface area contributed by atoms with Crippen molar-refractivity contribution in [1.29, 1.82) is 0 Å². The van der Waals surface area contributed by atoms with Crippen LogP contribution in [0.5, 0.6) is 0 Å². The molecule has 2 aromatic rings. The van der Waals surface area contributed by atoms with E-state index in [-0.39, 0.29) is 5.56 Å². The maximum Gasteiger partial charge on any atom is 0.335 e. The SMILES string of the molecule is Cc1c(C=O)n(C)c2cc(C(=O)O)ccc12. The highest BCUT2D eigenvalue weighted by Crippen LogP contribution is 2.24. The van der Waals surface area contributed by atoms with Crippen molar-refractivity contribution in [3.8, 4) is 0 Å². The summed E-state index contributed by atoms with van der Waals surface area (Å²) in [6.45, 7) is 1.85. The van der Waals surface area contributed by atoms with E-state index in [1.807, 2.05) is 6.92 Å². The highest BCUT2D eigenvalue weighted by molar-refractivity contribution is 5.97. The second-order valence-corrected chi connectivity index (χ2v) is 3.72. The molecule has 2 rings (SSSR count). The number of hydrogen-bond donors (Lipinski definition) is 1. The van der Waals surface area contributed by atoms with Gasteiger partial charge in [-0.3, -0.25) is 4.79 Å². The molecule has 0 atom stereocenters. The van der Waals surface area contributed by atoms with Crippen LogP contribution >= 0.6 is 0 Å². The third kappa shape index (κ3) is 1.31. The number of rotatable bonds is 2. The van der Waals surface area contributed by atoms with E-state index in [0.29, 0.717) is 5.69 Å². The molecule has 82 valence electrons. The van der Waals surface area contributed by atoms with Crippen LogP contribution in [0.3, 0.4) is 0 Å². The number of aldehydes is 1. The molecule has 16 heavy (non-hydrogen) atoms. The molecule has 0 saturated carbocycles. The summed E-state index contributed by atoms with van der Waals surface area (Å²) in [4.78, 5) is 21.7. The van der Waals surface area contributed by atoms with E-state index in [9.17, 15) is 9.59 Å². The largest absolute Gasteiger partial charge is 0.478 e. The van der Waals surface area contributed by atoms with Gasteiger partial charge in [-0.05, 0) is 24.6 Å². The first-order valence-corrected chi connectivity index (χ1v) is 4.83. The number of benzene rings is 1. The molecule has 0 aliphatic rings. The number of hydrogen-bond acceptors (Lipinski definition) is 2. The summed E-state index contributed by atoms with van der Waals surface area (Å²) >= 11 is 0. The Bertz CT molecular complexity index is 596. The lowest BCUT2D eigenvalue weighted by molar-refractivity contribution is 0.0697. The smallest absolute Gasteiger partial charge is 0.335 e. The number of carbonyl (C=O) groups is 2. The van der Waals surface area contributed by atoms with Crippen molar-refractivity contribution in [3.05, 3.63) is 35.0 Å². The van der Waals surface area contributed by atoms with Crippen molar-refractivity contribution < 1.29 is 14.7 Å². The second-order valence-electron chi connectivity index (χ2n) is 3.72. The van der Waals surface area contributed by atoms with Crippen LogP contribution in [0.4, 0.5) is 0 Å². The van der Waals surface area contributed by atoms with Crippen molar-refractivity contribution in [2.75, 3.05) is 0 Å². The Labute approximate surface area is 92.1 Å². The Kier molecular flexibility index (Phi) is 2.27. The normalized spacial score (nSPS) is 10.6. The molecule has 0 amide bonds. The van der Waals surface area contributed by atoms with Crippen molar-refractivity contribution in [3.63, 3.8) is 0 Å². The van der Waals surface area contributed by atoms with Crippen molar-refractivity contribution in [1.82, 2.24) is 4.57 Å². The molecule has 4 heteroatoms. The molecule has 0 saturated heterocycles. The number of aromatic carboxylic acids is 1. The van der Waals surface area contributed by atoms with E-state index in [1.54, 1.807) is 29.8 Å². The molecule has 1 N–H and O–H groups in total. The summed E-state index contributed by atoms with van der Waals surface area (Å²) in [5, 5.41) is 9.80. The Morgan fingerprint density at radius 1 is 1.44 bits per heavy atom. The van der Waals surface area contributed by atoms with Gasteiger partial charge in [-0.15, -0.1) is 0 Å². The summed E-state index contributed by atoms with van der Waals surface area (Å²) in [6, 6.07) is 4.87. The number of carboxylic acid groups (broad SMARTS) is 1. The van der Waals surface area contributed by atoms with Gasteiger partial charge in [0.15, 0.2) is 6.29 Å². The van der Waals surface area contributed by atoms with Gasteiger partial charge in [0.1, 0.15) is 0 Å². The zero-order chi connectivity index (χ0) is 11.9. The summed E-state index contributed by atoms with van der Waals surface area (Å²) in [5.41, 5.74) is 2.45. The summed E-state index contributed by atoms with van der Waals surface area (Å²) in [6.07, 6.45) is 0.787. The topological polar surface area (TPSA) is 59.3 Å². The number of aromatic nitrogens is 1. The van der Waals surface area contributed by atoms with Gasteiger partial charge >= 0.3 is 5.97 Å². The minimum atomic E-state index is -0.964. The number of aryl methyl sites for hydroxylation is 2. The molecular weight excluding hydrogens is 206 g/mol. The molecule has 1 aromatic carbocycles. The molecule has 0 radical (unpaired) electrons. The molecule has 0 fully saturated rings. The molecule has 0 aliphatic carbocycles. The average molecular weight is 217 g/mol. The number of nitrogens with zero attached hydrogens (tertiary/aromatic N) is 1. The van der Waals surface area contributed by atoms with Gasteiger partial charge in [0.2, 0.25) is 0 Å². The van der Waals surface area contributed by atoms with Gasteiger partial charge in [0.25, 0.3) is 0 Å². The lowest BCUT2D eigenvalue weighted by Crippen LogP contribution is -1.98. The molecule has 0 bridgehead atoms. The van der Waals surface area contributed by atoms with Crippen molar-refractivity contribution in [2.24, 2.45) is 7.05 Å². The molecule has 0 aliphatic heterocycles.